The fraction of sp³-hybridized carbons (Fsp3) is 0.619. The van der Waals surface area contributed by atoms with Crippen molar-refractivity contribution in [3.63, 3.8) is 0 Å². The summed E-state index contributed by atoms with van der Waals surface area (Å²) in [6.45, 7) is 6.89. The number of piperazine rings is 2. The first-order valence-electron chi connectivity index (χ1n) is 11.0. The lowest BCUT2D eigenvalue weighted by Crippen LogP contribution is -2.49. The number of amides is 1. The quantitative estimate of drug-likeness (QED) is 0.742. The van der Waals surface area contributed by atoms with Gasteiger partial charge in [0, 0.05) is 70.4 Å². The molecule has 4 heterocycles. The molecular formula is C21H29N7O2. The van der Waals surface area contributed by atoms with Crippen LogP contribution in [0.5, 0.6) is 0 Å². The van der Waals surface area contributed by atoms with Crippen molar-refractivity contribution >= 4 is 17.5 Å². The van der Waals surface area contributed by atoms with Crippen LogP contribution in [0, 0.1) is 0 Å². The summed E-state index contributed by atoms with van der Waals surface area (Å²) in [5, 5.41) is 4.11. The summed E-state index contributed by atoms with van der Waals surface area (Å²) in [5.41, 5.74) is 1.55. The van der Waals surface area contributed by atoms with E-state index in [4.69, 9.17) is 4.52 Å². The highest BCUT2D eigenvalue weighted by Crippen LogP contribution is 2.26. The number of aryl methyl sites for hydroxylation is 1. The molecule has 0 saturated carbocycles. The third kappa shape index (κ3) is 3.74. The lowest BCUT2D eigenvalue weighted by molar-refractivity contribution is 0.0735. The predicted octanol–water partition coefficient (Wildman–Crippen LogP) is 1.06. The first-order valence-corrected chi connectivity index (χ1v) is 11.0. The molecule has 9 nitrogen and oxygen atoms in total. The summed E-state index contributed by atoms with van der Waals surface area (Å²) in [5.74, 6) is 2.83. The summed E-state index contributed by atoms with van der Waals surface area (Å²) in [6, 6.07) is 2.08. The fourth-order valence-corrected chi connectivity index (χ4v) is 4.56. The van der Waals surface area contributed by atoms with Crippen molar-refractivity contribution in [3.8, 4) is 0 Å². The van der Waals surface area contributed by atoms with Crippen LogP contribution in [-0.2, 0) is 12.8 Å². The van der Waals surface area contributed by atoms with E-state index in [1.165, 1.54) is 0 Å². The van der Waals surface area contributed by atoms with Crippen LogP contribution in [0.1, 0.15) is 34.7 Å². The molecule has 30 heavy (non-hydrogen) atoms. The minimum absolute atomic E-state index is 0.00219. The fourth-order valence-electron chi connectivity index (χ4n) is 4.56. The van der Waals surface area contributed by atoms with Gasteiger partial charge >= 0.3 is 0 Å². The standard InChI is InChI=1S/C21H29N7O2/c1-25-6-8-26(9-7-25)18-14-19(23-15-22-18)27-10-12-28(13-11-27)21(29)20-16-4-2-3-5-17(16)30-24-20/h14-15H,2-13H2,1H3. The third-order valence-electron chi connectivity index (χ3n) is 6.51. The molecule has 0 N–H and O–H groups in total. The third-order valence-corrected chi connectivity index (χ3v) is 6.51. The number of anilines is 2. The maximum atomic E-state index is 13.0. The van der Waals surface area contributed by atoms with Gasteiger partial charge in [0.1, 0.15) is 23.7 Å². The number of aromatic nitrogens is 3. The molecule has 2 aliphatic heterocycles. The Morgan fingerprint density at radius 1 is 0.900 bits per heavy atom. The van der Waals surface area contributed by atoms with Gasteiger partial charge in [-0.2, -0.15) is 0 Å². The lowest BCUT2D eigenvalue weighted by Gasteiger charge is -2.36. The second-order valence-corrected chi connectivity index (χ2v) is 8.44. The topological polar surface area (TPSA) is 81.8 Å². The van der Waals surface area contributed by atoms with E-state index in [2.05, 4.69) is 42.9 Å². The van der Waals surface area contributed by atoms with Crippen molar-refractivity contribution < 1.29 is 9.32 Å². The van der Waals surface area contributed by atoms with Crippen molar-refractivity contribution in [2.24, 2.45) is 0 Å². The Bertz CT molecular complexity index is 899. The van der Waals surface area contributed by atoms with Gasteiger partial charge in [0.05, 0.1) is 0 Å². The van der Waals surface area contributed by atoms with E-state index in [1.54, 1.807) is 6.33 Å². The Morgan fingerprint density at radius 3 is 2.23 bits per heavy atom. The van der Waals surface area contributed by atoms with Crippen LogP contribution < -0.4 is 9.80 Å². The highest BCUT2D eigenvalue weighted by Gasteiger charge is 2.30. The molecular weight excluding hydrogens is 382 g/mol. The van der Waals surface area contributed by atoms with Crippen molar-refractivity contribution in [2.75, 3.05) is 69.2 Å². The van der Waals surface area contributed by atoms with Crippen molar-refractivity contribution in [1.29, 1.82) is 0 Å². The van der Waals surface area contributed by atoms with Crippen LogP contribution in [0.4, 0.5) is 11.6 Å². The predicted molar refractivity (Wildman–Crippen MR) is 113 cm³/mol. The molecule has 5 rings (SSSR count). The number of carbonyl (C=O) groups excluding carboxylic acids is 1. The molecule has 2 aromatic rings. The van der Waals surface area contributed by atoms with Gasteiger partial charge in [-0.05, 0) is 26.3 Å². The highest BCUT2D eigenvalue weighted by molar-refractivity contribution is 5.94. The molecule has 3 aliphatic rings. The van der Waals surface area contributed by atoms with Crippen LogP contribution in [-0.4, -0.2) is 90.2 Å². The zero-order valence-electron chi connectivity index (χ0n) is 17.6. The minimum Gasteiger partial charge on any atom is -0.360 e. The van der Waals surface area contributed by atoms with Gasteiger partial charge in [-0.25, -0.2) is 9.97 Å². The van der Waals surface area contributed by atoms with E-state index in [0.717, 1.165) is 87.9 Å². The molecule has 2 fully saturated rings. The van der Waals surface area contributed by atoms with Gasteiger partial charge in [0.2, 0.25) is 0 Å². The van der Waals surface area contributed by atoms with Crippen LogP contribution in [0.3, 0.4) is 0 Å². The molecule has 2 aromatic heterocycles. The molecule has 0 atom stereocenters. The Hall–Kier alpha value is -2.68. The number of nitrogens with zero attached hydrogens (tertiary/aromatic N) is 7. The molecule has 9 heteroatoms. The Balaban J connectivity index is 1.22. The molecule has 160 valence electrons. The zero-order chi connectivity index (χ0) is 20.5. The summed E-state index contributed by atoms with van der Waals surface area (Å²) in [4.78, 5) is 30.8. The zero-order valence-corrected chi connectivity index (χ0v) is 17.6. The Morgan fingerprint density at radius 2 is 1.53 bits per heavy atom. The average Bonchev–Trinajstić information content (AvgIpc) is 3.23. The number of hydrogen-bond acceptors (Lipinski definition) is 8. The normalized spacial score (nSPS) is 20.4. The van der Waals surface area contributed by atoms with E-state index in [9.17, 15) is 4.79 Å². The van der Waals surface area contributed by atoms with E-state index < -0.39 is 0 Å². The number of fused-ring (bicyclic) bond motifs is 1. The second-order valence-electron chi connectivity index (χ2n) is 8.44. The minimum atomic E-state index is 0.00219. The summed E-state index contributed by atoms with van der Waals surface area (Å²) >= 11 is 0. The second kappa shape index (κ2) is 8.22. The van der Waals surface area contributed by atoms with Gasteiger partial charge in [-0.3, -0.25) is 4.79 Å². The van der Waals surface area contributed by atoms with Crippen LogP contribution in [0.15, 0.2) is 16.9 Å². The van der Waals surface area contributed by atoms with E-state index in [-0.39, 0.29) is 5.91 Å². The molecule has 1 amide bonds. The van der Waals surface area contributed by atoms with Crippen molar-refractivity contribution in [2.45, 2.75) is 25.7 Å². The molecule has 2 saturated heterocycles. The van der Waals surface area contributed by atoms with E-state index >= 15 is 0 Å². The van der Waals surface area contributed by atoms with Crippen LogP contribution in [0.25, 0.3) is 0 Å². The lowest BCUT2D eigenvalue weighted by atomic mass is 9.96. The Labute approximate surface area is 176 Å². The van der Waals surface area contributed by atoms with Gasteiger partial charge in [0.25, 0.3) is 5.91 Å². The molecule has 0 radical (unpaired) electrons. The number of likely N-dealkylation sites (N-methyl/N-ethyl adjacent to an activating group) is 1. The van der Waals surface area contributed by atoms with Crippen molar-refractivity contribution in [3.05, 3.63) is 29.4 Å². The summed E-state index contributed by atoms with van der Waals surface area (Å²) in [6.07, 6.45) is 5.67. The average molecular weight is 412 g/mol. The summed E-state index contributed by atoms with van der Waals surface area (Å²) in [7, 11) is 2.15. The smallest absolute Gasteiger partial charge is 0.276 e. The van der Waals surface area contributed by atoms with Gasteiger partial charge < -0.3 is 24.1 Å². The summed E-state index contributed by atoms with van der Waals surface area (Å²) < 4.78 is 5.43. The van der Waals surface area contributed by atoms with Crippen LogP contribution >= 0.6 is 0 Å². The molecule has 0 aromatic carbocycles. The van der Waals surface area contributed by atoms with Gasteiger partial charge in [0.15, 0.2) is 5.69 Å². The highest BCUT2D eigenvalue weighted by atomic mass is 16.5. The van der Waals surface area contributed by atoms with Gasteiger partial charge in [-0.1, -0.05) is 5.16 Å². The number of carbonyl (C=O) groups is 1. The first-order chi connectivity index (χ1) is 14.7. The van der Waals surface area contributed by atoms with Crippen molar-refractivity contribution in [1.82, 2.24) is 24.9 Å². The number of rotatable bonds is 3. The molecule has 0 spiro atoms. The van der Waals surface area contributed by atoms with E-state index in [0.29, 0.717) is 18.8 Å². The Kier molecular flexibility index (Phi) is 5.28. The monoisotopic (exact) mass is 411 g/mol. The first kappa shape index (κ1) is 19.3. The molecule has 0 bridgehead atoms. The maximum Gasteiger partial charge on any atom is 0.276 e. The van der Waals surface area contributed by atoms with Gasteiger partial charge in [-0.15, -0.1) is 0 Å². The SMILES string of the molecule is CN1CCN(c2cc(N3CCN(C(=O)c4noc5c4CCCC5)CC3)ncn2)CC1. The molecule has 0 unspecified atom stereocenters. The number of hydrogen-bond donors (Lipinski definition) is 0. The largest absolute Gasteiger partial charge is 0.360 e. The maximum absolute atomic E-state index is 13.0. The van der Waals surface area contributed by atoms with E-state index in [1.807, 2.05) is 4.90 Å². The molecule has 1 aliphatic carbocycles. The van der Waals surface area contributed by atoms with Crippen LogP contribution in [0.2, 0.25) is 0 Å².